The highest BCUT2D eigenvalue weighted by molar-refractivity contribution is 6.35. The molecule has 0 spiro atoms. The molecule has 4 N–H and O–H groups in total. The van der Waals surface area contributed by atoms with Crippen molar-refractivity contribution in [3.05, 3.63) is 196 Å². The fourth-order valence-corrected chi connectivity index (χ4v) is 18.0. The topological polar surface area (TPSA) is 241 Å². The summed E-state index contributed by atoms with van der Waals surface area (Å²) in [5.74, 6) is 4.55. The average Bonchev–Trinajstić information content (AvgIpc) is 1.60. The van der Waals surface area contributed by atoms with E-state index < -0.39 is 29.4 Å². The maximum Gasteiger partial charge on any atom is 0.409 e. The first-order valence-corrected chi connectivity index (χ1v) is 45.1. The normalized spacial score (nSPS) is 15.3. The lowest BCUT2D eigenvalue weighted by atomic mass is 9.75. The van der Waals surface area contributed by atoms with Gasteiger partial charge in [0.1, 0.15) is 29.1 Å². The zero-order valence-electron chi connectivity index (χ0n) is 75.6. The fraction of sp³-hybridized carbons (Fsp3) is 0.495. The van der Waals surface area contributed by atoms with E-state index in [0.29, 0.717) is 131 Å². The number of halogens is 5. The van der Waals surface area contributed by atoms with Crippen LogP contribution in [0.25, 0.3) is 77.6 Å². The zero-order chi connectivity index (χ0) is 90.1. The summed E-state index contributed by atoms with van der Waals surface area (Å²) in [4.78, 5) is 52.1. The Morgan fingerprint density at radius 2 is 1.02 bits per heavy atom. The number of rotatable bonds is 31. The molecule has 8 aromatic heterocycles. The maximum absolute atomic E-state index is 13.6. The van der Waals surface area contributed by atoms with Gasteiger partial charge < -0.3 is 9.47 Å². The van der Waals surface area contributed by atoms with E-state index in [-0.39, 0.29) is 28.9 Å². The molecular formula is C99H123Cl2F3N16O4. The Balaban J connectivity index is 0.000000179. The number of nitrogens with one attached hydrogen (secondary N) is 4. The quantitative estimate of drug-likeness (QED) is 0.0182. The molecule has 4 aromatic carbocycles. The summed E-state index contributed by atoms with van der Waals surface area (Å²) >= 11 is 13.0. The third-order valence-corrected chi connectivity index (χ3v) is 25.6. The van der Waals surface area contributed by atoms with E-state index in [1.807, 2.05) is 80.7 Å². The third-order valence-electron chi connectivity index (χ3n) is 25.0. The number of benzene rings is 4. The molecule has 5 atom stereocenters. The van der Waals surface area contributed by atoms with Gasteiger partial charge in [0.2, 0.25) is 11.4 Å². The largest absolute Gasteiger partial charge is 0.462 e. The van der Waals surface area contributed by atoms with Gasteiger partial charge in [-0.15, -0.1) is 0 Å². The van der Waals surface area contributed by atoms with Crippen molar-refractivity contribution < 1.29 is 32.2 Å². The van der Waals surface area contributed by atoms with Crippen LogP contribution >= 0.6 is 23.2 Å². The Bertz CT molecular complexity index is 5820. The number of aromatic amines is 4. The smallest absolute Gasteiger partial charge is 0.409 e. The lowest BCUT2D eigenvalue weighted by Crippen LogP contribution is -2.37. The molecule has 0 radical (unpaired) electrons. The Labute approximate surface area is 739 Å². The zero-order valence-corrected chi connectivity index (χ0v) is 77.1. The van der Waals surface area contributed by atoms with Gasteiger partial charge in [0.05, 0.1) is 48.2 Å². The third kappa shape index (κ3) is 22.3. The van der Waals surface area contributed by atoms with Crippen molar-refractivity contribution >= 4 is 69.1 Å². The van der Waals surface area contributed by atoms with E-state index in [1.165, 1.54) is 112 Å². The minimum absolute atomic E-state index is 0.0138. The number of aryl methyl sites for hydroxylation is 9. The number of carbonyl (C=O) groups is 2. The number of H-pyrrole nitrogens is 4. The molecule has 5 unspecified atom stereocenters. The number of ether oxygens (including phenoxy) is 2. The van der Waals surface area contributed by atoms with Crippen LogP contribution in [0.2, 0.25) is 10.0 Å². The maximum atomic E-state index is 13.6. The number of nitrogens with zero attached hydrogens (tertiary/aromatic N) is 12. The molecule has 0 amide bonds. The molecule has 0 bridgehead atoms. The number of nitriles is 2. The summed E-state index contributed by atoms with van der Waals surface area (Å²) in [5, 5.41) is 32.9. The number of unbranched alkanes of at least 4 members (excludes halogenated alkanes) is 15. The van der Waals surface area contributed by atoms with Crippen LogP contribution in [0.5, 0.6) is 0 Å². The van der Waals surface area contributed by atoms with Crippen molar-refractivity contribution in [3.63, 3.8) is 0 Å². The van der Waals surface area contributed by atoms with Gasteiger partial charge in [0.25, 0.3) is 0 Å². The van der Waals surface area contributed by atoms with E-state index >= 15 is 0 Å². The van der Waals surface area contributed by atoms with E-state index in [9.17, 15) is 33.3 Å². The summed E-state index contributed by atoms with van der Waals surface area (Å²) in [5.41, 5.74) is 14.2. The second kappa shape index (κ2) is 43.2. The van der Waals surface area contributed by atoms with Gasteiger partial charge in [0, 0.05) is 60.9 Å². The SMILES string of the molecule is CCCCCCCCCCCCCCCCCCOC(=O)c1c(-c2cc(Cl)ccc2Cl)c(C)n2[nH]c(-c3ccc(C)cc3)nc12.Cc1ccc(-c2nc3c(C(=O)OC4C(C)CC(C)CC4C)c(C#N)c(C)n3[nH]2)cc1.[C-]#[N+]c1c(C#N)c(C)n2[nH]c(-c3c(C)cc(C)cc3C)nc12.[C-]#[N+]c1c(C(F)(F)F)c(C)n2[nH]c(C(CCC(C)CC)C(C)C(C)C)nc12. The Kier molecular flexibility index (Phi) is 33.2. The molecule has 1 saturated carbocycles. The minimum atomic E-state index is -4.57. The average molecular weight is 1730 g/mol. The molecule has 20 nitrogen and oxygen atoms in total. The number of fused-ring (bicyclic) bond motifs is 4. The molecule has 0 aliphatic heterocycles. The van der Waals surface area contributed by atoms with Gasteiger partial charge in [-0.1, -0.05) is 272 Å². The second-order valence-electron chi connectivity index (χ2n) is 35.0. The summed E-state index contributed by atoms with van der Waals surface area (Å²) in [6, 6.07) is 29.9. The molecule has 12 aromatic rings. The van der Waals surface area contributed by atoms with Crippen molar-refractivity contribution in [3.8, 4) is 57.4 Å². The van der Waals surface area contributed by atoms with Gasteiger partial charge >= 0.3 is 18.1 Å². The molecule has 1 aliphatic rings. The Morgan fingerprint density at radius 3 is 1.52 bits per heavy atom. The van der Waals surface area contributed by atoms with Crippen LogP contribution in [-0.2, 0) is 15.7 Å². The van der Waals surface area contributed by atoms with Crippen LogP contribution < -0.4 is 0 Å². The number of carbonyl (C=O) groups excluding carboxylic acids is 2. The van der Waals surface area contributed by atoms with Crippen molar-refractivity contribution in [2.75, 3.05) is 6.61 Å². The molecule has 1 aliphatic carbocycles. The van der Waals surface area contributed by atoms with Gasteiger partial charge in [0.15, 0.2) is 40.1 Å². The molecule has 124 heavy (non-hydrogen) atoms. The Morgan fingerprint density at radius 1 is 0.548 bits per heavy atom. The Hall–Kier alpha value is -10.9. The van der Waals surface area contributed by atoms with Gasteiger partial charge in [-0.2, -0.15) is 23.7 Å². The first kappa shape index (κ1) is 95.4. The number of aromatic nitrogens is 12. The van der Waals surface area contributed by atoms with Gasteiger partial charge in [-0.05, 0) is 153 Å². The second-order valence-corrected chi connectivity index (χ2v) is 35.8. The van der Waals surface area contributed by atoms with Crippen LogP contribution in [0, 0.1) is 134 Å². The highest BCUT2D eigenvalue weighted by Crippen LogP contribution is 2.46. The fourth-order valence-electron chi connectivity index (χ4n) is 17.6. The standard InChI is InChI=1S/C38H51Cl2N3O2.C24H28N4O2.C20H29F3N4.C17H15N5/c1-4-5-6-7-8-9-10-11-12-13-14-15-16-17-18-19-26-45-38(44)35-34(32-27-31(39)24-25-33(32)40)29(3)43-37(35)41-36(42-43)30-22-20-28(2)21-23-30;1-13-6-8-18(9-7-13)22-26-23-20(19(12-25)17(5)28(23)27-22)24(29)30-21-15(3)10-14(2)11-16(21)4;1-8-12(4)9-10-15(13(5)11(2)3)18-25-19-17(24-7)16(20(21,22)23)14(6)27(19)26-18;1-9-6-10(2)14(11(3)7-9)16-20-17-15(19-5)13(8-18)12(4)22(17)21-16/h20-25,27H,4-19,26H2,1-3H3,(H,41,42);6-9,14-16,21H,10-11H2,1-5H3,(H,26,27);11-13,15H,8-10H2,1-6H3,(H,25,26);6-7H,1-4H3,(H,20,21). The molecule has 658 valence electrons. The van der Waals surface area contributed by atoms with E-state index in [0.717, 1.165) is 89.8 Å². The first-order chi connectivity index (χ1) is 59.2. The van der Waals surface area contributed by atoms with Gasteiger partial charge in [-0.3, -0.25) is 29.4 Å². The lowest BCUT2D eigenvalue weighted by Gasteiger charge is -2.37. The summed E-state index contributed by atoms with van der Waals surface area (Å²) in [6.07, 6.45) is 21.3. The monoisotopic (exact) mass is 1730 g/mol. The minimum Gasteiger partial charge on any atom is -0.462 e. The van der Waals surface area contributed by atoms with Crippen LogP contribution in [-0.4, -0.2) is 83.0 Å². The predicted octanol–water partition coefficient (Wildman–Crippen LogP) is 28.1. The van der Waals surface area contributed by atoms with Crippen LogP contribution in [0.4, 0.5) is 24.5 Å². The number of alkyl halides is 3. The molecular weight excluding hydrogens is 1610 g/mol. The van der Waals surface area contributed by atoms with Crippen molar-refractivity contribution in [1.82, 2.24) is 58.4 Å². The highest BCUT2D eigenvalue weighted by Gasteiger charge is 2.41. The number of hydrogen-bond acceptors (Lipinski definition) is 10. The molecule has 0 saturated heterocycles. The van der Waals surface area contributed by atoms with E-state index in [1.54, 1.807) is 27.2 Å². The van der Waals surface area contributed by atoms with Gasteiger partial charge in [-0.25, -0.2) is 48.2 Å². The van der Waals surface area contributed by atoms with Crippen LogP contribution in [0.3, 0.4) is 0 Å². The van der Waals surface area contributed by atoms with Crippen molar-refractivity contribution in [2.45, 2.75) is 278 Å². The van der Waals surface area contributed by atoms with Crippen LogP contribution in [0.15, 0.2) is 78.9 Å². The summed E-state index contributed by atoms with van der Waals surface area (Å²) in [7, 11) is 0. The molecule has 25 heteroatoms. The first-order valence-electron chi connectivity index (χ1n) is 44.3. The van der Waals surface area contributed by atoms with E-state index in [2.05, 4.69) is 159 Å². The van der Waals surface area contributed by atoms with Crippen molar-refractivity contribution in [2.24, 2.45) is 35.5 Å². The van der Waals surface area contributed by atoms with Crippen molar-refractivity contribution in [1.29, 1.82) is 10.5 Å². The van der Waals surface area contributed by atoms with Crippen LogP contribution in [0.1, 0.15) is 297 Å². The number of esters is 2. The lowest BCUT2D eigenvalue weighted by molar-refractivity contribution is -0.137. The predicted molar refractivity (Wildman–Crippen MR) is 491 cm³/mol. The number of hydrogen-bond donors (Lipinski definition) is 4. The summed E-state index contributed by atoms with van der Waals surface area (Å²) in [6.45, 7) is 51.8. The molecule has 13 rings (SSSR count). The summed E-state index contributed by atoms with van der Waals surface area (Å²) < 4.78 is 58.5. The molecule has 1 fully saturated rings. The highest BCUT2D eigenvalue weighted by atomic mass is 35.5. The molecule has 8 heterocycles. The van der Waals surface area contributed by atoms with E-state index in [4.69, 9.17) is 50.8 Å².